The van der Waals surface area contributed by atoms with Gasteiger partial charge in [0.1, 0.15) is 11.9 Å². The van der Waals surface area contributed by atoms with Crippen molar-refractivity contribution in [2.24, 2.45) is 0 Å². The summed E-state index contributed by atoms with van der Waals surface area (Å²) in [6, 6.07) is 4.97. The molecule has 0 saturated heterocycles. The van der Waals surface area contributed by atoms with E-state index < -0.39 is 12.0 Å². The van der Waals surface area contributed by atoms with Gasteiger partial charge in [0.25, 0.3) is 0 Å². The van der Waals surface area contributed by atoms with Crippen LogP contribution in [0, 0.1) is 5.82 Å². The fourth-order valence-electron chi connectivity index (χ4n) is 1.37. The lowest BCUT2D eigenvalue weighted by Gasteiger charge is -2.05. The normalized spacial score (nSPS) is 12.3. The molecule has 1 heterocycles. The topological polar surface area (TPSA) is 88.3 Å². The fourth-order valence-corrected chi connectivity index (χ4v) is 1.37. The second kappa shape index (κ2) is 5.57. The number of nitrogens with zero attached hydrogens (tertiary/aromatic N) is 2. The third kappa shape index (κ3) is 3.35. The maximum atomic E-state index is 12.8. The van der Waals surface area contributed by atoms with Crippen molar-refractivity contribution in [3.8, 4) is 11.4 Å². The summed E-state index contributed by atoms with van der Waals surface area (Å²) in [6.07, 6.45) is 0. The number of benzene rings is 1. The number of aliphatic carboxylic acids is 1. The van der Waals surface area contributed by atoms with Crippen LogP contribution in [0.25, 0.3) is 11.4 Å². The molecule has 0 aliphatic heterocycles. The van der Waals surface area contributed by atoms with E-state index in [0.29, 0.717) is 11.4 Å². The van der Waals surface area contributed by atoms with Gasteiger partial charge in [-0.1, -0.05) is 5.16 Å². The first-order valence-electron chi connectivity index (χ1n) is 5.61. The van der Waals surface area contributed by atoms with Crippen molar-refractivity contribution in [1.82, 2.24) is 15.5 Å². The van der Waals surface area contributed by atoms with Crippen molar-refractivity contribution < 1.29 is 18.8 Å². The molecule has 19 heavy (non-hydrogen) atoms. The van der Waals surface area contributed by atoms with E-state index in [1.54, 1.807) is 0 Å². The molecule has 1 atom stereocenters. The van der Waals surface area contributed by atoms with Crippen molar-refractivity contribution in [3.05, 3.63) is 36.0 Å². The average Bonchev–Trinajstić information content (AvgIpc) is 2.85. The molecule has 2 N–H and O–H groups in total. The number of rotatable bonds is 5. The fraction of sp³-hybridized carbons (Fsp3) is 0.250. The molecule has 100 valence electrons. The van der Waals surface area contributed by atoms with Gasteiger partial charge in [-0.3, -0.25) is 10.1 Å². The van der Waals surface area contributed by atoms with Crippen LogP contribution in [-0.4, -0.2) is 27.3 Å². The van der Waals surface area contributed by atoms with Gasteiger partial charge in [0.05, 0.1) is 6.54 Å². The molecule has 0 spiro atoms. The smallest absolute Gasteiger partial charge is 0.320 e. The van der Waals surface area contributed by atoms with E-state index in [1.165, 1.54) is 31.2 Å². The predicted molar refractivity (Wildman–Crippen MR) is 63.6 cm³/mol. The molecule has 0 aliphatic rings. The molecular formula is C12H12FN3O3. The lowest BCUT2D eigenvalue weighted by molar-refractivity contribution is -0.139. The van der Waals surface area contributed by atoms with E-state index >= 15 is 0 Å². The van der Waals surface area contributed by atoms with Crippen molar-refractivity contribution in [3.63, 3.8) is 0 Å². The van der Waals surface area contributed by atoms with Crippen molar-refractivity contribution in [1.29, 1.82) is 0 Å². The van der Waals surface area contributed by atoms with Crippen LogP contribution in [0.2, 0.25) is 0 Å². The van der Waals surface area contributed by atoms with Gasteiger partial charge >= 0.3 is 5.97 Å². The van der Waals surface area contributed by atoms with Gasteiger partial charge in [0.2, 0.25) is 11.7 Å². The van der Waals surface area contributed by atoms with E-state index in [-0.39, 0.29) is 18.3 Å². The van der Waals surface area contributed by atoms with Gasteiger partial charge in [0.15, 0.2) is 0 Å². The monoisotopic (exact) mass is 265 g/mol. The van der Waals surface area contributed by atoms with Crippen molar-refractivity contribution >= 4 is 5.97 Å². The Labute approximate surface area is 108 Å². The van der Waals surface area contributed by atoms with Crippen LogP contribution in [0.5, 0.6) is 0 Å². The molecule has 0 radical (unpaired) electrons. The van der Waals surface area contributed by atoms with Crippen LogP contribution >= 0.6 is 0 Å². The quantitative estimate of drug-likeness (QED) is 0.850. The lowest BCUT2D eigenvalue weighted by Crippen LogP contribution is -2.33. The van der Waals surface area contributed by atoms with E-state index in [9.17, 15) is 9.18 Å². The van der Waals surface area contributed by atoms with Gasteiger partial charge in [-0.2, -0.15) is 4.98 Å². The second-order valence-corrected chi connectivity index (χ2v) is 3.96. The molecule has 2 aromatic rings. The Kier molecular flexibility index (Phi) is 3.86. The lowest BCUT2D eigenvalue weighted by atomic mass is 10.2. The number of aromatic nitrogens is 2. The molecule has 0 amide bonds. The number of carboxylic acid groups (broad SMARTS) is 1. The molecule has 1 aromatic carbocycles. The molecule has 0 fully saturated rings. The van der Waals surface area contributed by atoms with E-state index in [4.69, 9.17) is 9.63 Å². The number of carboxylic acids is 1. The standard InChI is InChI=1S/C12H12FN3O3/c1-7(12(17)18)14-6-10-15-11(16-19-10)8-2-4-9(13)5-3-8/h2-5,7,14H,6H2,1H3,(H,17,18)/t7-/m1/s1. The Balaban J connectivity index is 2.03. The molecule has 2 rings (SSSR count). The van der Waals surface area contributed by atoms with Crippen LogP contribution < -0.4 is 5.32 Å². The van der Waals surface area contributed by atoms with Gasteiger partial charge in [-0.05, 0) is 31.2 Å². The minimum absolute atomic E-state index is 0.154. The maximum absolute atomic E-state index is 12.8. The largest absolute Gasteiger partial charge is 0.480 e. The average molecular weight is 265 g/mol. The number of hydrogen-bond donors (Lipinski definition) is 2. The minimum Gasteiger partial charge on any atom is -0.480 e. The molecule has 1 aromatic heterocycles. The Hall–Kier alpha value is -2.28. The number of carbonyl (C=O) groups is 1. The van der Waals surface area contributed by atoms with Gasteiger partial charge < -0.3 is 9.63 Å². The zero-order valence-electron chi connectivity index (χ0n) is 10.1. The van der Waals surface area contributed by atoms with E-state index in [1.807, 2.05) is 0 Å². The van der Waals surface area contributed by atoms with Gasteiger partial charge in [-0.25, -0.2) is 4.39 Å². The first kappa shape index (κ1) is 13.2. The Morgan fingerprint density at radius 3 is 2.79 bits per heavy atom. The second-order valence-electron chi connectivity index (χ2n) is 3.96. The van der Waals surface area contributed by atoms with Crippen LogP contribution in [0.3, 0.4) is 0 Å². The summed E-state index contributed by atoms with van der Waals surface area (Å²) >= 11 is 0. The summed E-state index contributed by atoms with van der Waals surface area (Å²) in [6.45, 7) is 1.67. The Bertz CT molecular complexity index is 568. The van der Waals surface area contributed by atoms with Crippen molar-refractivity contribution in [2.45, 2.75) is 19.5 Å². The zero-order valence-corrected chi connectivity index (χ0v) is 10.1. The summed E-state index contributed by atoms with van der Waals surface area (Å²) in [7, 11) is 0. The summed E-state index contributed by atoms with van der Waals surface area (Å²) in [5.41, 5.74) is 0.627. The highest BCUT2D eigenvalue weighted by molar-refractivity contribution is 5.72. The van der Waals surface area contributed by atoms with Crippen LogP contribution in [0.15, 0.2) is 28.8 Å². The van der Waals surface area contributed by atoms with Crippen LogP contribution in [0.1, 0.15) is 12.8 Å². The molecule has 0 bridgehead atoms. The SMILES string of the molecule is C[C@@H](NCc1nc(-c2ccc(F)cc2)no1)C(=O)O. The van der Waals surface area contributed by atoms with E-state index in [0.717, 1.165) is 0 Å². The summed E-state index contributed by atoms with van der Waals surface area (Å²) in [5.74, 6) is -0.699. The minimum atomic E-state index is -0.960. The highest BCUT2D eigenvalue weighted by Crippen LogP contribution is 2.15. The van der Waals surface area contributed by atoms with E-state index in [2.05, 4.69) is 15.5 Å². The third-order valence-electron chi connectivity index (χ3n) is 2.50. The summed E-state index contributed by atoms with van der Waals surface area (Å²) in [4.78, 5) is 14.7. The Morgan fingerprint density at radius 1 is 1.47 bits per heavy atom. The molecule has 0 aliphatic carbocycles. The summed E-state index contributed by atoms with van der Waals surface area (Å²) < 4.78 is 17.7. The highest BCUT2D eigenvalue weighted by Gasteiger charge is 2.13. The molecular weight excluding hydrogens is 253 g/mol. The first-order valence-corrected chi connectivity index (χ1v) is 5.61. The zero-order chi connectivity index (χ0) is 13.8. The third-order valence-corrected chi connectivity index (χ3v) is 2.50. The van der Waals surface area contributed by atoms with Crippen LogP contribution in [0.4, 0.5) is 4.39 Å². The molecule has 0 unspecified atom stereocenters. The predicted octanol–water partition coefficient (Wildman–Crippen LogP) is 1.44. The van der Waals surface area contributed by atoms with Gasteiger partial charge in [0, 0.05) is 5.56 Å². The van der Waals surface area contributed by atoms with Crippen LogP contribution in [-0.2, 0) is 11.3 Å². The Morgan fingerprint density at radius 2 is 2.16 bits per heavy atom. The highest BCUT2D eigenvalue weighted by atomic mass is 19.1. The summed E-state index contributed by atoms with van der Waals surface area (Å²) in [5, 5.41) is 15.2. The van der Waals surface area contributed by atoms with Crippen molar-refractivity contribution in [2.75, 3.05) is 0 Å². The first-order chi connectivity index (χ1) is 9.06. The molecule has 6 nitrogen and oxygen atoms in total. The molecule has 7 heteroatoms. The molecule has 0 saturated carbocycles. The number of halogens is 1. The van der Waals surface area contributed by atoms with Gasteiger partial charge in [-0.15, -0.1) is 0 Å². The number of hydrogen-bond acceptors (Lipinski definition) is 5. The number of nitrogens with one attached hydrogen (secondary N) is 1. The maximum Gasteiger partial charge on any atom is 0.320 e.